The quantitative estimate of drug-likeness (QED) is 0.466. The van der Waals surface area contributed by atoms with Crippen molar-refractivity contribution in [3.05, 3.63) is 60.2 Å². The molecule has 38 heavy (non-hydrogen) atoms. The van der Waals surface area contributed by atoms with Crippen molar-refractivity contribution >= 4 is 33.4 Å². The molecule has 3 fully saturated rings. The first-order valence-electron chi connectivity index (χ1n) is 14.3. The molecule has 0 aromatic heterocycles. The van der Waals surface area contributed by atoms with Gasteiger partial charge in [-0.15, -0.1) is 0 Å². The third kappa shape index (κ3) is 4.69. The molecular weight excluding hydrogens is 474 g/mol. The lowest BCUT2D eigenvalue weighted by atomic mass is 9.91. The number of likely N-dealkylation sites (tertiary alicyclic amines) is 2. The number of piperidine rings is 2. The highest BCUT2D eigenvalue weighted by molar-refractivity contribution is 6.18. The summed E-state index contributed by atoms with van der Waals surface area (Å²) in [6.07, 6.45) is 3.95. The van der Waals surface area contributed by atoms with E-state index in [0.717, 1.165) is 79.0 Å². The second kappa shape index (κ2) is 10.7. The molecule has 3 aromatic rings. The highest BCUT2D eigenvalue weighted by Gasteiger charge is 2.38. The van der Waals surface area contributed by atoms with Crippen molar-refractivity contribution in [1.82, 2.24) is 14.7 Å². The summed E-state index contributed by atoms with van der Waals surface area (Å²) < 4.78 is 5.65. The summed E-state index contributed by atoms with van der Waals surface area (Å²) in [5.41, 5.74) is 0.828. The molecule has 0 saturated carbocycles. The van der Waals surface area contributed by atoms with Crippen molar-refractivity contribution in [3.8, 4) is 0 Å². The first kappa shape index (κ1) is 25.3. The number of benzene rings is 3. The van der Waals surface area contributed by atoms with Crippen molar-refractivity contribution in [1.29, 1.82) is 0 Å². The molecule has 0 aliphatic carbocycles. The van der Waals surface area contributed by atoms with Crippen LogP contribution in [-0.2, 0) is 9.53 Å². The van der Waals surface area contributed by atoms with Gasteiger partial charge in [-0.05, 0) is 73.7 Å². The molecule has 6 nitrogen and oxygen atoms in total. The van der Waals surface area contributed by atoms with Crippen LogP contribution in [0.4, 0.5) is 0 Å². The Labute approximate surface area is 225 Å². The molecular formula is C32H39N3O3. The zero-order valence-electron chi connectivity index (χ0n) is 22.6. The van der Waals surface area contributed by atoms with E-state index >= 15 is 0 Å². The van der Waals surface area contributed by atoms with Crippen molar-refractivity contribution in [2.45, 2.75) is 57.7 Å². The van der Waals surface area contributed by atoms with Gasteiger partial charge < -0.3 is 14.5 Å². The third-order valence-corrected chi connectivity index (χ3v) is 8.98. The molecule has 3 saturated heterocycles. The topological polar surface area (TPSA) is 53.1 Å². The molecule has 1 unspecified atom stereocenters. The molecule has 3 heterocycles. The maximum atomic E-state index is 13.9. The molecule has 3 aromatic carbocycles. The molecule has 3 aliphatic heterocycles. The van der Waals surface area contributed by atoms with Gasteiger partial charge in [0.05, 0.1) is 36.8 Å². The molecule has 6 rings (SSSR count). The number of carbonyl (C=O) groups is 2. The van der Waals surface area contributed by atoms with E-state index in [0.29, 0.717) is 25.2 Å². The van der Waals surface area contributed by atoms with Gasteiger partial charge >= 0.3 is 0 Å². The summed E-state index contributed by atoms with van der Waals surface area (Å²) in [6.45, 7) is 8.85. The van der Waals surface area contributed by atoms with Gasteiger partial charge in [-0.2, -0.15) is 0 Å². The van der Waals surface area contributed by atoms with E-state index in [-0.39, 0.29) is 23.9 Å². The van der Waals surface area contributed by atoms with E-state index in [1.165, 1.54) is 0 Å². The lowest BCUT2D eigenvalue weighted by Gasteiger charge is -2.45. The highest BCUT2D eigenvalue weighted by atomic mass is 16.5. The number of morpholine rings is 1. The Morgan fingerprint density at radius 2 is 1.42 bits per heavy atom. The average Bonchev–Trinajstić information content (AvgIpc) is 2.95. The number of fused-ring (bicyclic) bond motifs is 2. The number of rotatable bonds is 3. The van der Waals surface area contributed by atoms with Crippen LogP contribution in [0.25, 0.3) is 21.5 Å². The molecule has 0 spiro atoms. The Morgan fingerprint density at radius 1 is 0.816 bits per heavy atom. The molecule has 6 heteroatoms. The molecule has 0 radical (unpaired) electrons. The number of ether oxygens (including phenoxy) is 1. The summed E-state index contributed by atoms with van der Waals surface area (Å²) in [6, 6.07) is 19.3. The SMILES string of the molecule is C[C@@H]1COC[C@@H](C)N1C(=O)C1CCCN(C2CCN(C(=O)c3c4ccccc4cc4ccccc34)CC2)C1. The fraction of sp³-hybridized carbons (Fsp3) is 0.500. The molecule has 3 atom stereocenters. The predicted octanol–water partition coefficient (Wildman–Crippen LogP) is 4.95. The van der Waals surface area contributed by atoms with E-state index < -0.39 is 0 Å². The van der Waals surface area contributed by atoms with E-state index in [1.54, 1.807) is 0 Å². The highest BCUT2D eigenvalue weighted by Crippen LogP contribution is 2.32. The van der Waals surface area contributed by atoms with Crippen LogP contribution in [0.1, 0.15) is 49.9 Å². The normalized spacial score (nSPS) is 25.7. The third-order valence-electron chi connectivity index (χ3n) is 8.98. The van der Waals surface area contributed by atoms with Crippen molar-refractivity contribution in [3.63, 3.8) is 0 Å². The zero-order chi connectivity index (χ0) is 26.2. The van der Waals surface area contributed by atoms with Crippen molar-refractivity contribution < 1.29 is 14.3 Å². The van der Waals surface area contributed by atoms with Crippen LogP contribution in [0.2, 0.25) is 0 Å². The predicted molar refractivity (Wildman–Crippen MR) is 151 cm³/mol. The first-order chi connectivity index (χ1) is 18.5. The summed E-state index contributed by atoms with van der Waals surface area (Å²) in [5, 5.41) is 4.28. The average molecular weight is 514 g/mol. The Morgan fingerprint density at radius 3 is 2.05 bits per heavy atom. The minimum absolute atomic E-state index is 0.0634. The molecule has 3 aliphatic rings. The second-order valence-electron chi connectivity index (χ2n) is 11.5. The van der Waals surface area contributed by atoms with Gasteiger partial charge in [-0.25, -0.2) is 0 Å². The van der Waals surface area contributed by atoms with Gasteiger partial charge in [0.15, 0.2) is 0 Å². The van der Waals surface area contributed by atoms with Crippen molar-refractivity contribution in [2.24, 2.45) is 5.92 Å². The number of nitrogens with zero attached hydrogens (tertiary/aromatic N) is 3. The van der Waals surface area contributed by atoms with Crippen LogP contribution in [0.15, 0.2) is 54.6 Å². The van der Waals surface area contributed by atoms with Crippen molar-refractivity contribution in [2.75, 3.05) is 39.4 Å². The van der Waals surface area contributed by atoms with Crippen LogP contribution >= 0.6 is 0 Å². The van der Waals surface area contributed by atoms with Crippen LogP contribution in [-0.4, -0.2) is 84.0 Å². The van der Waals surface area contributed by atoms with E-state index in [2.05, 4.69) is 54.0 Å². The van der Waals surface area contributed by atoms with Crippen LogP contribution in [0.5, 0.6) is 0 Å². The van der Waals surface area contributed by atoms with E-state index in [9.17, 15) is 9.59 Å². The van der Waals surface area contributed by atoms with Crippen LogP contribution in [0.3, 0.4) is 0 Å². The molecule has 200 valence electrons. The van der Waals surface area contributed by atoms with Crippen LogP contribution in [0, 0.1) is 5.92 Å². The maximum Gasteiger partial charge on any atom is 0.255 e. The Balaban J connectivity index is 1.14. The Bertz CT molecular complexity index is 1270. The summed E-state index contributed by atoms with van der Waals surface area (Å²) in [4.78, 5) is 34.1. The summed E-state index contributed by atoms with van der Waals surface area (Å²) in [5.74, 6) is 0.500. The van der Waals surface area contributed by atoms with Crippen LogP contribution < -0.4 is 0 Å². The fourth-order valence-corrected chi connectivity index (χ4v) is 7.03. The maximum absolute atomic E-state index is 13.9. The van der Waals surface area contributed by atoms with Gasteiger partial charge in [0.25, 0.3) is 5.91 Å². The fourth-order valence-electron chi connectivity index (χ4n) is 7.03. The van der Waals surface area contributed by atoms with Gasteiger partial charge in [0, 0.05) is 25.7 Å². The minimum atomic E-state index is 0.0634. The monoisotopic (exact) mass is 513 g/mol. The van der Waals surface area contributed by atoms with Gasteiger partial charge in [-0.3, -0.25) is 14.5 Å². The number of amides is 2. The largest absolute Gasteiger partial charge is 0.377 e. The number of carbonyl (C=O) groups excluding carboxylic acids is 2. The number of hydrogen-bond acceptors (Lipinski definition) is 4. The van der Waals surface area contributed by atoms with Gasteiger partial charge in [-0.1, -0.05) is 48.5 Å². The molecule has 0 bridgehead atoms. The van der Waals surface area contributed by atoms with E-state index in [1.807, 2.05) is 29.2 Å². The Hall–Kier alpha value is -2.96. The Kier molecular flexibility index (Phi) is 7.10. The minimum Gasteiger partial charge on any atom is -0.377 e. The number of hydrogen-bond donors (Lipinski definition) is 0. The standard InChI is InChI=1S/C32H39N3O3/c1-22-20-38-21-23(2)35(22)31(36)26-10-7-15-34(19-26)27-13-16-33(17-14-27)32(37)30-28-11-5-3-8-24(28)18-25-9-4-6-12-29(25)30/h3-6,8-9,11-12,18,22-23,26-27H,7,10,13-17,19-21H2,1-2H3/t22-,23-,26?/m1/s1. The summed E-state index contributed by atoms with van der Waals surface area (Å²) in [7, 11) is 0. The van der Waals surface area contributed by atoms with E-state index in [4.69, 9.17) is 4.74 Å². The smallest absolute Gasteiger partial charge is 0.255 e. The summed E-state index contributed by atoms with van der Waals surface area (Å²) >= 11 is 0. The second-order valence-corrected chi connectivity index (χ2v) is 11.5. The molecule has 2 amide bonds. The first-order valence-corrected chi connectivity index (χ1v) is 14.3. The lowest BCUT2D eigenvalue weighted by molar-refractivity contribution is -0.150. The zero-order valence-corrected chi connectivity index (χ0v) is 22.6. The van der Waals surface area contributed by atoms with Gasteiger partial charge in [0.2, 0.25) is 5.91 Å². The molecule has 0 N–H and O–H groups in total. The lowest BCUT2D eigenvalue weighted by Crippen LogP contribution is -2.57. The van der Waals surface area contributed by atoms with Gasteiger partial charge in [0.1, 0.15) is 0 Å².